The Labute approximate surface area is 213 Å². The Morgan fingerprint density at radius 2 is 1.97 bits per heavy atom. The number of nitrogens with two attached hydrogens (primary N) is 1. The third-order valence-corrected chi connectivity index (χ3v) is 6.87. The van der Waals surface area contributed by atoms with E-state index < -0.39 is 30.4 Å². The van der Waals surface area contributed by atoms with Crippen LogP contribution in [0, 0.1) is 17.8 Å². The molecular weight excluding hydrogens is 482 g/mol. The van der Waals surface area contributed by atoms with Crippen molar-refractivity contribution in [1.29, 1.82) is 0 Å². The van der Waals surface area contributed by atoms with Gasteiger partial charge < -0.3 is 35.6 Å². The molecule has 198 valence electrons. The molecular formula is C24H31N7O6. The van der Waals surface area contributed by atoms with Gasteiger partial charge >= 0.3 is 6.09 Å². The van der Waals surface area contributed by atoms with Gasteiger partial charge in [0.15, 0.2) is 23.8 Å². The van der Waals surface area contributed by atoms with Gasteiger partial charge in [0.1, 0.15) is 17.7 Å². The number of carbonyl (C=O) groups excluding carboxylic acids is 2. The Morgan fingerprint density at radius 3 is 2.68 bits per heavy atom. The molecule has 2 saturated heterocycles. The second-order valence-corrected chi connectivity index (χ2v) is 9.60. The Hall–Kier alpha value is -3.47. The number of nitrogens with one attached hydrogen (secondary N) is 1. The van der Waals surface area contributed by atoms with Gasteiger partial charge in [-0.2, -0.15) is 0 Å². The van der Waals surface area contributed by atoms with Crippen molar-refractivity contribution in [3.63, 3.8) is 0 Å². The van der Waals surface area contributed by atoms with Crippen LogP contribution in [0.15, 0.2) is 6.33 Å². The largest absolute Gasteiger partial charge is 0.450 e. The van der Waals surface area contributed by atoms with Gasteiger partial charge in [-0.1, -0.05) is 5.92 Å². The predicted molar refractivity (Wildman–Crippen MR) is 130 cm³/mol. The van der Waals surface area contributed by atoms with E-state index >= 15 is 0 Å². The lowest BCUT2D eigenvalue weighted by molar-refractivity contribution is -0.137. The Morgan fingerprint density at radius 1 is 1.22 bits per heavy atom. The average molecular weight is 514 g/mol. The lowest BCUT2D eigenvalue weighted by atomic mass is 9.94. The molecule has 5 N–H and O–H groups in total. The molecule has 3 fully saturated rings. The highest BCUT2D eigenvalue weighted by molar-refractivity contribution is 5.83. The maximum Gasteiger partial charge on any atom is 0.409 e. The zero-order valence-corrected chi connectivity index (χ0v) is 20.5. The summed E-state index contributed by atoms with van der Waals surface area (Å²) in [5.41, 5.74) is 6.67. The molecule has 0 bridgehead atoms. The van der Waals surface area contributed by atoms with Gasteiger partial charge in [0.05, 0.1) is 12.9 Å². The lowest BCUT2D eigenvalue weighted by Crippen LogP contribution is -2.43. The minimum absolute atomic E-state index is 0.0901. The van der Waals surface area contributed by atoms with E-state index in [2.05, 4.69) is 32.1 Å². The molecule has 3 aliphatic rings. The number of nitrogen functional groups attached to an aromatic ring is 1. The molecule has 2 aromatic heterocycles. The summed E-state index contributed by atoms with van der Waals surface area (Å²) >= 11 is 0. The minimum atomic E-state index is -1.41. The van der Waals surface area contributed by atoms with Crippen LogP contribution in [0.4, 0.5) is 10.6 Å². The van der Waals surface area contributed by atoms with E-state index in [0.717, 1.165) is 25.7 Å². The molecule has 37 heavy (non-hydrogen) atoms. The van der Waals surface area contributed by atoms with Crippen LogP contribution in [-0.4, -0.2) is 90.7 Å². The maximum absolute atomic E-state index is 12.4. The van der Waals surface area contributed by atoms with E-state index in [9.17, 15) is 19.8 Å². The predicted octanol–water partition coefficient (Wildman–Crippen LogP) is -0.0836. The van der Waals surface area contributed by atoms with E-state index in [0.29, 0.717) is 37.6 Å². The number of rotatable bonds is 5. The van der Waals surface area contributed by atoms with Crippen LogP contribution in [0.1, 0.15) is 51.1 Å². The molecule has 0 spiro atoms. The Bertz CT molecular complexity index is 1230. The number of piperidine rings is 1. The van der Waals surface area contributed by atoms with E-state index in [-0.39, 0.29) is 29.4 Å². The highest BCUT2D eigenvalue weighted by Crippen LogP contribution is 2.33. The number of hydrogen-bond donors (Lipinski definition) is 4. The summed E-state index contributed by atoms with van der Waals surface area (Å²) in [6.07, 6.45) is 0.0689. The van der Waals surface area contributed by atoms with Gasteiger partial charge in [-0.15, -0.1) is 0 Å². The first-order valence-corrected chi connectivity index (χ1v) is 12.6. The van der Waals surface area contributed by atoms with Gasteiger partial charge in [-0.3, -0.25) is 9.36 Å². The van der Waals surface area contributed by atoms with Gasteiger partial charge in [0.25, 0.3) is 5.91 Å². The van der Waals surface area contributed by atoms with Crippen LogP contribution in [0.3, 0.4) is 0 Å². The third-order valence-electron chi connectivity index (χ3n) is 6.87. The van der Waals surface area contributed by atoms with Gasteiger partial charge in [-0.05, 0) is 44.4 Å². The number of anilines is 1. The quantitative estimate of drug-likeness (QED) is 0.395. The highest BCUT2D eigenvalue weighted by atomic mass is 16.6. The number of amides is 2. The molecule has 5 rings (SSSR count). The second kappa shape index (κ2) is 10.5. The number of aromatic nitrogens is 4. The topological polar surface area (TPSA) is 178 Å². The van der Waals surface area contributed by atoms with Gasteiger partial charge in [0, 0.05) is 25.6 Å². The van der Waals surface area contributed by atoms with Crippen molar-refractivity contribution in [1.82, 2.24) is 29.7 Å². The number of likely N-dealkylation sites (tertiary alicyclic amines) is 1. The third kappa shape index (κ3) is 5.31. The van der Waals surface area contributed by atoms with Crippen LogP contribution in [-0.2, 0) is 14.3 Å². The first-order valence-electron chi connectivity index (χ1n) is 12.6. The van der Waals surface area contributed by atoms with Crippen LogP contribution in [0.5, 0.6) is 0 Å². The smallest absolute Gasteiger partial charge is 0.409 e. The number of nitrogens with zero attached hydrogens (tertiary/aromatic N) is 5. The summed E-state index contributed by atoms with van der Waals surface area (Å²) in [6, 6.07) is 0.0901. The summed E-state index contributed by atoms with van der Waals surface area (Å²) in [4.78, 5) is 38.9. The van der Waals surface area contributed by atoms with Crippen molar-refractivity contribution >= 4 is 29.0 Å². The van der Waals surface area contributed by atoms with Crippen molar-refractivity contribution in [2.24, 2.45) is 5.92 Å². The van der Waals surface area contributed by atoms with Gasteiger partial charge in [0.2, 0.25) is 5.82 Å². The Kier molecular flexibility index (Phi) is 7.14. The van der Waals surface area contributed by atoms with E-state index in [1.807, 2.05) is 0 Å². The summed E-state index contributed by atoms with van der Waals surface area (Å²) in [5.74, 6) is 6.24. The lowest BCUT2D eigenvalue weighted by Gasteiger charge is -2.30. The summed E-state index contributed by atoms with van der Waals surface area (Å²) in [5, 5.41) is 23.9. The number of fused-ring (bicyclic) bond motifs is 1. The molecule has 2 unspecified atom stereocenters. The monoisotopic (exact) mass is 513 g/mol. The van der Waals surface area contributed by atoms with E-state index in [4.69, 9.17) is 15.2 Å². The zero-order valence-electron chi connectivity index (χ0n) is 20.5. The molecule has 13 nitrogen and oxygen atoms in total. The maximum atomic E-state index is 12.4. The fourth-order valence-electron chi connectivity index (χ4n) is 4.61. The highest BCUT2D eigenvalue weighted by Gasteiger charge is 2.48. The fraction of sp³-hybridized carbons (Fsp3) is 0.625. The molecule has 0 radical (unpaired) electrons. The van der Waals surface area contributed by atoms with Crippen molar-refractivity contribution in [3.8, 4) is 11.8 Å². The number of carbonyl (C=O) groups is 2. The molecule has 13 heteroatoms. The van der Waals surface area contributed by atoms with Gasteiger partial charge in [-0.25, -0.2) is 19.7 Å². The van der Waals surface area contributed by atoms with Crippen molar-refractivity contribution in [2.45, 2.75) is 69.6 Å². The van der Waals surface area contributed by atoms with Crippen LogP contribution >= 0.6 is 0 Å². The molecule has 2 aromatic rings. The minimum Gasteiger partial charge on any atom is -0.450 e. The second-order valence-electron chi connectivity index (χ2n) is 9.60. The number of imidazole rings is 1. The molecule has 2 amide bonds. The van der Waals surface area contributed by atoms with Crippen LogP contribution in [0.25, 0.3) is 11.2 Å². The summed E-state index contributed by atoms with van der Waals surface area (Å²) < 4.78 is 12.2. The van der Waals surface area contributed by atoms with Crippen molar-refractivity contribution < 1.29 is 29.3 Å². The fourth-order valence-corrected chi connectivity index (χ4v) is 4.61. The zero-order chi connectivity index (χ0) is 26.1. The molecule has 4 atom stereocenters. The number of ether oxygens (including phenoxy) is 2. The van der Waals surface area contributed by atoms with E-state index in [1.54, 1.807) is 11.8 Å². The average Bonchev–Trinajstić information content (AvgIpc) is 3.52. The Balaban J connectivity index is 1.27. The molecule has 1 aliphatic carbocycles. The SMILES string of the molecule is CCOC(=O)N1CCC(CC#Cc2nc(N)c3ncn(C4OC(C(=O)NC5CC5)[C@H](O)[C@@H]4O)c3n2)CC1. The molecule has 2 aliphatic heterocycles. The van der Waals surface area contributed by atoms with Crippen LogP contribution < -0.4 is 11.1 Å². The molecule has 0 aromatic carbocycles. The van der Waals surface area contributed by atoms with Crippen molar-refractivity contribution in [3.05, 3.63) is 12.2 Å². The molecule has 1 saturated carbocycles. The number of hydrogen-bond acceptors (Lipinski definition) is 10. The molecule has 4 heterocycles. The van der Waals surface area contributed by atoms with Crippen LogP contribution in [0.2, 0.25) is 0 Å². The summed E-state index contributed by atoms with van der Waals surface area (Å²) in [7, 11) is 0. The number of aliphatic hydroxyl groups is 2. The normalized spacial score (nSPS) is 26.1. The number of aliphatic hydroxyl groups excluding tert-OH is 2. The standard InChI is InChI=1S/C24H31N7O6/c1-2-36-24(35)30-10-8-13(9-11-30)4-3-5-15-28-20(25)16-21(29-15)31(12-26-16)23-18(33)17(32)19(37-23)22(34)27-14-6-7-14/h12-14,17-19,23,32-33H,2,4,6-11H2,1H3,(H,27,34)(H2,25,28,29)/t17-,18+,19?,23?/m1/s1. The van der Waals surface area contributed by atoms with E-state index in [1.165, 1.54) is 10.9 Å². The summed E-state index contributed by atoms with van der Waals surface area (Å²) in [6.45, 7) is 3.42. The first kappa shape index (κ1) is 25.2. The first-order chi connectivity index (χ1) is 17.9. The van der Waals surface area contributed by atoms with Crippen molar-refractivity contribution in [2.75, 3.05) is 25.4 Å².